The summed E-state index contributed by atoms with van der Waals surface area (Å²) in [6.07, 6.45) is 1.67. The molecule has 1 unspecified atom stereocenters. The first-order valence-corrected chi connectivity index (χ1v) is 5.98. The number of benzene rings is 1. The van der Waals surface area contributed by atoms with Crippen molar-refractivity contribution in [3.05, 3.63) is 46.7 Å². The molecule has 0 fully saturated rings. The largest absolute Gasteiger partial charge is 0.391 e. The Morgan fingerprint density at radius 1 is 1.33 bits per heavy atom. The molecule has 1 aromatic heterocycles. The summed E-state index contributed by atoms with van der Waals surface area (Å²) in [7, 11) is 0. The van der Waals surface area contributed by atoms with E-state index in [0.29, 0.717) is 17.7 Å². The number of nitrogens with one attached hydrogen (secondary N) is 3. The summed E-state index contributed by atoms with van der Waals surface area (Å²) >= 11 is 4.90. The number of hydrogen-bond donors (Lipinski definition) is 4. The molecule has 0 saturated carbocycles. The SMILES string of the molecule is OC(CNc1ccc(F)cc1)Cc1c[nH]c(=S)[nH]1. The average molecular weight is 267 g/mol. The van der Waals surface area contributed by atoms with Gasteiger partial charge in [0.2, 0.25) is 0 Å². The van der Waals surface area contributed by atoms with E-state index in [9.17, 15) is 9.50 Å². The number of imidazole rings is 1. The number of rotatable bonds is 5. The number of H-pyrrole nitrogens is 2. The fraction of sp³-hybridized carbons (Fsp3) is 0.250. The normalized spacial score (nSPS) is 12.3. The highest BCUT2D eigenvalue weighted by molar-refractivity contribution is 7.71. The molecular formula is C12H14FN3OS. The van der Waals surface area contributed by atoms with Crippen molar-refractivity contribution in [3.63, 3.8) is 0 Å². The molecule has 0 bridgehead atoms. The molecule has 0 aliphatic heterocycles. The van der Waals surface area contributed by atoms with Crippen molar-refractivity contribution in [1.82, 2.24) is 9.97 Å². The van der Waals surface area contributed by atoms with E-state index in [0.717, 1.165) is 11.4 Å². The van der Waals surface area contributed by atoms with Crippen molar-refractivity contribution in [1.29, 1.82) is 0 Å². The molecule has 1 aromatic carbocycles. The van der Waals surface area contributed by atoms with Crippen LogP contribution < -0.4 is 5.32 Å². The lowest BCUT2D eigenvalue weighted by Gasteiger charge is -2.11. The van der Waals surface area contributed by atoms with Crippen molar-refractivity contribution in [2.24, 2.45) is 0 Å². The lowest BCUT2D eigenvalue weighted by molar-refractivity contribution is 0.187. The van der Waals surface area contributed by atoms with E-state index in [1.807, 2.05) is 0 Å². The monoisotopic (exact) mass is 267 g/mol. The number of halogens is 1. The molecule has 4 N–H and O–H groups in total. The zero-order valence-electron chi connectivity index (χ0n) is 9.61. The van der Waals surface area contributed by atoms with Crippen LogP contribution in [-0.2, 0) is 6.42 Å². The third kappa shape index (κ3) is 3.68. The fourth-order valence-electron chi connectivity index (χ4n) is 1.61. The van der Waals surface area contributed by atoms with E-state index >= 15 is 0 Å². The summed E-state index contributed by atoms with van der Waals surface area (Å²) < 4.78 is 13.2. The number of aliphatic hydroxyl groups is 1. The molecular weight excluding hydrogens is 253 g/mol. The Bertz CT molecular complexity index is 549. The third-order valence-corrected chi connectivity index (χ3v) is 2.71. The second-order valence-corrected chi connectivity index (χ2v) is 4.42. The summed E-state index contributed by atoms with van der Waals surface area (Å²) in [6, 6.07) is 6.01. The number of anilines is 1. The minimum absolute atomic E-state index is 0.277. The topological polar surface area (TPSA) is 63.8 Å². The Balaban J connectivity index is 1.83. The Kier molecular flexibility index (Phi) is 4.11. The van der Waals surface area contributed by atoms with Gasteiger partial charge in [0, 0.05) is 30.5 Å². The van der Waals surface area contributed by atoms with Gasteiger partial charge in [-0.15, -0.1) is 0 Å². The van der Waals surface area contributed by atoms with Crippen LogP contribution in [0.5, 0.6) is 0 Å². The average Bonchev–Trinajstić information content (AvgIpc) is 2.74. The van der Waals surface area contributed by atoms with E-state index in [-0.39, 0.29) is 5.82 Å². The van der Waals surface area contributed by atoms with Gasteiger partial charge in [0.05, 0.1) is 6.10 Å². The summed E-state index contributed by atoms with van der Waals surface area (Å²) in [6.45, 7) is 0.386. The lowest BCUT2D eigenvalue weighted by atomic mass is 10.2. The molecule has 18 heavy (non-hydrogen) atoms. The first-order valence-electron chi connectivity index (χ1n) is 5.57. The van der Waals surface area contributed by atoms with E-state index in [2.05, 4.69) is 15.3 Å². The Morgan fingerprint density at radius 2 is 2.06 bits per heavy atom. The van der Waals surface area contributed by atoms with Gasteiger partial charge >= 0.3 is 0 Å². The van der Waals surface area contributed by atoms with Gasteiger partial charge in [0.15, 0.2) is 4.77 Å². The first kappa shape index (κ1) is 12.8. The van der Waals surface area contributed by atoms with Gasteiger partial charge in [0.25, 0.3) is 0 Å². The van der Waals surface area contributed by atoms with Gasteiger partial charge in [-0.05, 0) is 36.5 Å². The number of aromatic nitrogens is 2. The van der Waals surface area contributed by atoms with Gasteiger partial charge < -0.3 is 20.4 Å². The molecule has 1 heterocycles. The highest BCUT2D eigenvalue weighted by Gasteiger charge is 2.06. The van der Waals surface area contributed by atoms with Crippen LogP contribution in [0.4, 0.5) is 10.1 Å². The third-order valence-electron chi connectivity index (χ3n) is 2.49. The number of aromatic amines is 2. The van der Waals surface area contributed by atoms with Gasteiger partial charge in [0.1, 0.15) is 5.82 Å². The zero-order chi connectivity index (χ0) is 13.0. The molecule has 0 spiro atoms. The van der Waals surface area contributed by atoms with Crippen molar-refractivity contribution in [2.75, 3.05) is 11.9 Å². The molecule has 6 heteroatoms. The smallest absolute Gasteiger partial charge is 0.174 e. The molecule has 2 rings (SSSR count). The van der Waals surface area contributed by atoms with E-state index < -0.39 is 6.10 Å². The van der Waals surface area contributed by atoms with Crippen LogP contribution in [0.2, 0.25) is 0 Å². The zero-order valence-corrected chi connectivity index (χ0v) is 10.4. The first-order chi connectivity index (χ1) is 8.63. The fourth-order valence-corrected chi connectivity index (χ4v) is 1.80. The minimum Gasteiger partial charge on any atom is -0.391 e. The van der Waals surface area contributed by atoms with Crippen LogP contribution in [0.25, 0.3) is 0 Å². The van der Waals surface area contributed by atoms with Gasteiger partial charge in [-0.3, -0.25) is 0 Å². The summed E-state index contributed by atoms with van der Waals surface area (Å²) in [5.41, 5.74) is 1.63. The second kappa shape index (κ2) is 5.79. The quantitative estimate of drug-likeness (QED) is 0.628. The van der Waals surface area contributed by atoms with Crippen LogP contribution in [0, 0.1) is 10.6 Å². The maximum Gasteiger partial charge on any atom is 0.174 e. The van der Waals surface area contributed by atoms with Crippen molar-refractivity contribution in [3.8, 4) is 0 Å². The molecule has 0 saturated heterocycles. The van der Waals surface area contributed by atoms with Crippen LogP contribution in [0.15, 0.2) is 30.5 Å². The maximum absolute atomic E-state index is 12.7. The van der Waals surface area contributed by atoms with E-state index in [4.69, 9.17) is 12.2 Å². The molecule has 0 aliphatic carbocycles. The Morgan fingerprint density at radius 3 is 2.67 bits per heavy atom. The van der Waals surface area contributed by atoms with E-state index in [1.54, 1.807) is 18.3 Å². The molecule has 4 nitrogen and oxygen atoms in total. The van der Waals surface area contributed by atoms with Crippen molar-refractivity contribution in [2.45, 2.75) is 12.5 Å². The van der Waals surface area contributed by atoms with Crippen molar-refractivity contribution >= 4 is 17.9 Å². The van der Waals surface area contributed by atoms with E-state index in [1.165, 1.54) is 12.1 Å². The molecule has 2 aromatic rings. The molecule has 1 atom stereocenters. The predicted molar refractivity (Wildman–Crippen MR) is 70.6 cm³/mol. The summed E-state index contributed by atoms with van der Waals surface area (Å²) in [5, 5.41) is 12.9. The predicted octanol–water partition coefficient (Wildman–Crippen LogP) is 2.23. The van der Waals surface area contributed by atoms with Crippen molar-refractivity contribution < 1.29 is 9.50 Å². The second-order valence-electron chi connectivity index (χ2n) is 4.01. The number of hydrogen-bond acceptors (Lipinski definition) is 3. The summed E-state index contributed by atoms with van der Waals surface area (Å²) in [5.74, 6) is -0.277. The minimum atomic E-state index is -0.545. The Hall–Kier alpha value is -1.66. The van der Waals surface area contributed by atoms with Crippen LogP contribution in [0.3, 0.4) is 0 Å². The highest BCUT2D eigenvalue weighted by atomic mass is 32.1. The number of aliphatic hydroxyl groups excluding tert-OH is 1. The molecule has 0 aliphatic rings. The standard InChI is InChI=1S/C12H14FN3OS/c13-8-1-3-9(4-2-8)14-7-11(17)5-10-6-15-12(18)16-10/h1-4,6,11,14,17H,5,7H2,(H2,15,16,18). The van der Waals surface area contributed by atoms with Crippen LogP contribution in [0.1, 0.15) is 5.69 Å². The van der Waals surface area contributed by atoms with Crippen LogP contribution >= 0.6 is 12.2 Å². The summed E-state index contributed by atoms with van der Waals surface area (Å²) in [4.78, 5) is 5.77. The Labute approximate surface area is 109 Å². The maximum atomic E-state index is 12.7. The van der Waals surface area contributed by atoms with Gasteiger partial charge in [-0.25, -0.2) is 4.39 Å². The van der Waals surface area contributed by atoms with Gasteiger partial charge in [-0.1, -0.05) is 0 Å². The van der Waals surface area contributed by atoms with Crippen LogP contribution in [-0.4, -0.2) is 27.7 Å². The molecule has 0 amide bonds. The highest BCUT2D eigenvalue weighted by Crippen LogP contribution is 2.08. The van der Waals surface area contributed by atoms with Gasteiger partial charge in [-0.2, -0.15) is 0 Å². The lowest BCUT2D eigenvalue weighted by Crippen LogP contribution is -2.22. The molecule has 96 valence electrons. The molecule has 0 radical (unpaired) electrons.